The Kier molecular flexibility index (Phi) is 6.48. The second kappa shape index (κ2) is 9.46. The molecule has 1 atom stereocenters. The molecule has 1 aliphatic heterocycles. The molecule has 2 amide bonds. The summed E-state index contributed by atoms with van der Waals surface area (Å²) in [5.41, 5.74) is 1.58. The number of hydrogen-bond donors (Lipinski definition) is 3. The predicted octanol–water partition coefficient (Wildman–Crippen LogP) is 4.43. The van der Waals surface area contributed by atoms with Crippen LogP contribution in [-0.2, 0) is 9.59 Å². The van der Waals surface area contributed by atoms with E-state index in [4.69, 9.17) is 0 Å². The maximum atomic E-state index is 13.5. The summed E-state index contributed by atoms with van der Waals surface area (Å²) in [5, 5.41) is 6.01. The zero-order valence-electron chi connectivity index (χ0n) is 17.4. The van der Waals surface area contributed by atoms with Crippen molar-refractivity contribution in [1.82, 2.24) is 15.6 Å². The van der Waals surface area contributed by atoms with Crippen molar-refractivity contribution >= 4 is 22.7 Å². The number of hydrogen-bond acceptors (Lipinski definition) is 2. The van der Waals surface area contributed by atoms with Crippen molar-refractivity contribution < 1.29 is 22.8 Å². The number of halogens is 3. The molecule has 0 bridgehead atoms. The molecule has 8 heteroatoms. The van der Waals surface area contributed by atoms with E-state index >= 15 is 0 Å². The molecule has 5 rings (SSSR count). The summed E-state index contributed by atoms with van der Waals surface area (Å²) in [5.74, 6) is -0.942. The number of carbonyl (C=O) groups excluding carboxylic acids is 2. The van der Waals surface area contributed by atoms with Crippen LogP contribution < -0.4 is 10.6 Å². The van der Waals surface area contributed by atoms with Crippen LogP contribution in [0.2, 0.25) is 0 Å². The Balaban J connectivity index is 0.000000158. The number of benzene rings is 2. The summed E-state index contributed by atoms with van der Waals surface area (Å²) < 4.78 is 39.4. The summed E-state index contributed by atoms with van der Waals surface area (Å²) in [4.78, 5) is 25.2. The third-order valence-corrected chi connectivity index (χ3v) is 5.90. The zero-order chi connectivity index (χ0) is 22.7. The second-order valence-electron chi connectivity index (χ2n) is 8.24. The van der Waals surface area contributed by atoms with Gasteiger partial charge in [-0.2, -0.15) is 0 Å². The summed E-state index contributed by atoms with van der Waals surface area (Å²) in [6.45, 7) is 0.783. The van der Waals surface area contributed by atoms with Crippen molar-refractivity contribution in [2.75, 3.05) is 6.54 Å². The average Bonchev–Trinajstić information content (AvgIpc) is 3.34. The van der Waals surface area contributed by atoms with E-state index < -0.39 is 11.6 Å². The number of H-pyrrole nitrogens is 1. The minimum atomic E-state index is -0.640. The van der Waals surface area contributed by atoms with Crippen LogP contribution in [-0.4, -0.2) is 29.4 Å². The largest absolute Gasteiger partial charge is 0.354 e. The molecule has 32 heavy (non-hydrogen) atoms. The Morgan fingerprint density at radius 3 is 2.38 bits per heavy atom. The monoisotopic (exact) mass is 443 g/mol. The smallest absolute Gasteiger partial charge is 0.242 e. The standard InChI is InChI=1S/C14H8F3N.C10H16N2O2/c15-10-3-1-8(2-4-10)13-6-9-5-11(16)7-12(17)14(9)18-13;13-9-5-4-8(12-9)10(14)11-6-7-2-1-3-7/h1-7,18H;7-8H,1-6H2,(H,11,14)(H,12,13). The molecule has 3 N–H and O–H groups in total. The molecule has 2 aliphatic rings. The lowest BCUT2D eigenvalue weighted by atomic mass is 9.85. The fourth-order valence-electron chi connectivity index (χ4n) is 3.83. The van der Waals surface area contributed by atoms with E-state index in [1.165, 1.54) is 37.5 Å². The van der Waals surface area contributed by atoms with Gasteiger partial charge in [-0.05, 0) is 67.1 Å². The lowest BCUT2D eigenvalue weighted by Gasteiger charge is -2.25. The minimum absolute atomic E-state index is 0.00575. The van der Waals surface area contributed by atoms with Gasteiger partial charge in [0.15, 0.2) is 0 Å². The number of aromatic nitrogens is 1. The molecule has 1 unspecified atom stereocenters. The Labute approximate surface area is 183 Å². The van der Waals surface area contributed by atoms with Crippen LogP contribution >= 0.6 is 0 Å². The Bertz CT molecular complexity index is 1120. The molecule has 2 fully saturated rings. The highest BCUT2D eigenvalue weighted by Crippen LogP contribution is 2.27. The summed E-state index contributed by atoms with van der Waals surface area (Å²) in [7, 11) is 0. The molecule has 3 aromatic rings. The van der Waals surface area contributed by atoms with Gasteiger partial charge in [0.2, 0.25) is 11.8 Å². The topological polar surface area (TPSA) is 74.0 Å². The number of aromatic amines is 1. The zero-order valence-corrected chi connectivity index (χ0v) is 17.4. The van der Waals surface area contributed by atoms with E-state index in [1.807, 2.05) is 0 Å². The number of nitrogens with one attached hydrogen (secondary N) is 3. The fourth-order valence-corrected chi connectivity index (χ4v) is 3.83. The van der Waals surface area contributed by atoms with Crippen molar-refractivity contribution in [2.24, 2.45) is 5.92 Å². The molecule has 2 aromatic carbocycles. The van der Waals surface area contributed by atoms with Gasteiger partial charge in [0.1, 0.15) is 23.5 Å². The first-order chi connectivity index (χ1) is 15.4. The van der Waals surface area contributed by atoms with Gasteiger partial charge in [0, 0.05) is 30.1 Å². The van der Waals surface area contributed by atoms with Crippen LogP contribution in [0.15, 0.2) is 42.5 Å². The highest BCUT2D eigenvalue weighted by molar-refractivity contribution is 5.90. The third kappa shape index (κ3) is 5.12. The molecule has 1 saturated carbocycles. The Morgan fingerprint density at radius 1 is 1.00 bits per heavy atom. The van der Waals surface area contributed by atoms with Crippen molar-refractivity contribution in [3.8, 4) is 11.3 Å². The van der Waals surface area contributed by atoms with Crippen LogP contribution in [0, 0.1) is 23.4 Å². The lowest BCUT2D eigenvalue weighted by molar-refractivity contribution is -0.126. The van der Waals surface area contributed by atoms with E-state index in [2.05, 4.69) is 15.6 Å². The maximum absolute atomic E-state index is 13.5. The SMILES string of the molecule is Fc1ccc(-c2cc3cc(F)cc(F)c3[nH]2)cc1.O=C1CCC(C(=O)NCC2CCC2)N1. The first kappa shape index (κ1) is 21.9. The van der Waals surface area contributed by atoms with E-state index in [1.54, 1.807) is 18.2 Å². The van der Waals surface area contributed by atoms with Crippen LogP contribution in [0.25, 0.3) is 22.2 Å². The van der Waals surface area contributed by atoms with Crippen LogP contribution in [0.1, 0.15) is 32.1 Å². The van der Waals surface area contributed by atoms with Gasteiger partial charge in [-0.3, -0.25) is 9.59 Å². The van der Waals surface area contributed by atoms with E-state index in [9.17, 15) is 22.8 Å². The molecule has 0 spiro atoms. The summed E-state index contributed by atoms with van der Waals surface area (Å²) in [6, 6.07) is 9.23. The minimum Gasteiger partial charge on any atom is -0.354 e. The van der Waals surface area contributed by atoms with Gasteiger partial charge in [-0.15, -0.1) is 0 Å². The first-order valence-electron chi connectivity index (χ1n) is 10.7. The molecule has 2 heterocycles. The normalized spacial score (nSPS) is 18.0. The van der Waals surface area contributed by atoms with Gasteiger partial charge in [-0.25, -0.2) is 13.2 Å². The van der Waals surface area contributed by atoms with Crippen LogP contribution in [0.3, 0.4) is 0 Å². The molecule has 1 aromatic heterocycles. The van der Waals surface area contributed by atoms with Crippen LogP contribution in [0.5, 0.6) is 0 Å². The Hall–Kier alpha value is -3.29. The van der Waals surface area contributed by atoms with E-state index in [0.717, 1.165) is 12.6 Å². The van der Waals surface area contributed by atoms with Gasteiger partial charge >= 0.3 is 0 Å². The first-order valence-corrected chi connectivity index (χ1v) is 10.7. The molecular weight excluding hydrogens is 419 g/mol. The summed E-state index contributed by atoms with van der Waals surface area (Å²) in [6.07, 6.45) is 4.90. The van der Waals surface area contributed by atoms with E-state index in [0.29, 0.717) is 35.4 Å². The molecule has 1 saturated heterocycles. The summed E-state index contributed by atoms with van der Waals surface area (Å²) >= 11 is 0. The van der Waals surface area contributed by atoms with Gasteiger partial charge in [0.25, 0.3) is 0 Å². The number of amides is 2. The van der Waals surface area contributed by atoms with Crippen molar-refractivity contribution in [1.29, 1.82) is 0 Å². The van der Waals surface area contributed by atoms with Crippen molar-refractivity contribution in [3.63, 3.8) is 0 Å². The molecular formula is C24H24F3N3O2. The van der Waals surface area contributed by atoms with Gasteiger partial charge < -0.3 is 15.6 Å². The second-order valence-corrected chi connectivity index (χ2v) is 8.24. The Morgan fingerprint density at radius 2 is 1.75 bits per heavy atom. The molecule has 1 aliphatic carbocycles. The molecule has 0 radical (unpaired) electrons. The van der Waals surface area contributed by atoms with E-state index in [-0.39, 0.29) is 29.2 Å². The maximum Gasteiger partial charge on any atom is 0.242 e. The molecule has 5 nitrogen and oxygen atoms in total. The van der Waals surface area contributed by atoms with Gasteiger partial charge in [0.05, 0.1) is 5.52 Å². The number of carbonyl (C=O) groups is 2. The fraction of sp³-hybridized carbons (Fsp3) is 0.333. The number of rotatable bonds is 4. The predicted molar refractivity (Wildman–Crippen MR) is 115 cm³/mol. The third-order valence-electron chi connectivity index (χ3n) is 5.90. The molecule has 168 valence electrons. The van der Waals surface area contributed by atoms with Gasteiger partial charge in [-0.1, -0.05) is 6.42 Å². The quantitative estimate of drug-likeness (QED) is 0.558. The van der Waals surface area contributed by atoms with Crippen LogP contribution in [0.4, 0.5) is 13.2 Å². The highest BCUT2D eigenvalue weighted by Gasteiger charge is 2.27. The van der Waals surface area contributed by atoms with Crippen molar-refractivity contribution in [2.45, 2.75) is 38.1 Å². The lowest BCUT2D eigenvalue weighted by Crippen LogP contribution is -2.43. The average molecular weight is 443 g/mol. The number of fused-ring (bicyclic) bond motifs is 1. The van der Waals surface area contributed by atoms with Crippen molar-refractivity contribution in [3.05, 3.63) is 59.9 Å². The highest BCUT2D eigenvalue weighted by atomic mass is 19.1.